The SMILES string of the molecule is CC(C)C(N)C(=O)NC(CCC(=O)O)C(=O)NC(CCC(N)=O)C(=O)NC(C(=O)O)C(C)C. The van der Waals surface area contributed by atoms with Crippen LogP contribution in [0.2, 0.25) is 0 Å². The number of primary amides is 1. The molecule has 0 spiro atoms. The number of carboxylic acids is 2. The van der Waals surface area contributed by atoms with Crippen LogP contribution in [-0.4, -0.2) is 69.9 Å². The maximum absolute atomic E-state index is 12.8. The number of rotatable bonds is 15. The summed E-state index contributed by atoms with van der Waals surface area (Å²) in [7, 11) is 0. The molecule has 4 amide bonds. The van der Waals surface area contributed by atoms with Gasteiger partial charge in [-0.05, 0) is 24.7 Å². The fraction of sp³-hybridized carbons (Fsp3) is 0.700. The number of hydrogen-bond acceptors (Lipinski definition) is 7. The average Bonchev–Trinajstić information content (AvgIpc) is 2.69. The number of hydrogen-bond donors (Lipinski definition) is 7. The lowest BCUT2D eigenvalue weighted by atomic mass is 10.0. The molecule has 13 heteroatoms. The Morgan fingerprint density at radius 2 is 1.18 bits per heavy atom. The van der Waals surface area contributed by atoms with E-state index in [2.05, 4.69) is 16.0 Å². The zero-order chi connectivity index (χ0) is 25.9. The molecule has 0 fully saturated rings. The average molecular weight is 474 g/mol. The van der Waals surface area contributed by atoms with Crippen molar-refractivity contribution in [3.63, 3.8) is 0 Å². The second-order valence-corrected chi connectivity index (χ2v) is 8.40. The summed E-state index contributed by atoms with van der Waals surface area (Å²) in [6.45, 7) is 6.53. The molecule has 0 aromatic rings. The molecule has 4 unspecified atom stereocenters. The minimum Gasteiger partial charge on any atom is -0.481 e. The van der Waals surface area contributed by atoms with Crippen LogP contribution in [0.1, 0.15) is 53.4 Å². The van der Waals surface area contributed by atoms with Gasteiger partial charge in [0.25, 0.3) is 0 Å². The predicted molar refractivity (Wildman–Crippen MR) is 116 cm³/mol. The highest BCUT2D eigenvalue weighted by Crippen LogP contribution is 2.07. The Morgan fingerprint density at radius 1 is 0.727 bits per heavy atom. The molecule has 0 heterocycles. The van der Waals surface area contributed by atoms with E-state index in [9.17, 15) is 33.9 Å². The Labute approximate surface area is 192 Å². The summed E-state index contributed by atoms with van der Waals surface area (Å²) in [5, 5.41) is 25.3. The van der Waals surface area contributed by atoms with Crippen molar-refractivity contribution in [3.05, 3.63) is 0 Å². The minimum atomic E-state index is -1.35. The van der Waals surface area contributed by atoms with Crippen molar-refractivity contribution in [2.75, 3.05) is 0 Å². The number of amides is 4. The lowest BCUT2D eigenvalue weighted by Gasteiger charge is -2.26. The van der Waals surface area contributed by atoms with Gasteiger partial charge in [0.15, 0.2) is 0 Å². The maximum Gasteiger partial charge on any atom is 0.326 e. The van der Waals surface area contributed by atoms with Crippen LogP contribution in [0.25, 0.3) is 0 Å². The van der Waals surface area contributed by atoms with E-state index in [1.54, 1.807) is 27.7 Å². The van der Waals surface area contributed by atoms with Crippen molar-refractivity contribution in [1.29, 1.82) is 0 Å². The van der Waals surface area contributed by atoms with Crippen molar-refractivity contribution in [2.24, 2.45) is 23.3 Å². The first-order valence-electron chi connectivity index (χ1n) is 10.6. The van der Waals surface area contributed by atoms with Crippen LogP contribution in [0.15, 0.2) is 0 Å². The molecular formula is C20H35N5O8. The fourth-order valence-electron chi connectivity index (χ4n) is 2.70. The number of carbonyl (C=O) groups excluding carboxylic acids is 4. The van der Waals surface area contributed by atoms with Crippen LogP contribution < -0.4 is 27.4 Å². The molecular weight excluding hydrogens is 438 g/mol. The zero-order valence-corrected chi connectivity index (χ0v) is 19.3. The summed E-state index contributed by atoms with van der Waals surface area (Å²) in [6.07, 6.45) is -1.27. The molecule has 9 N–H and O–H groups in total. The van der Waals surface area contributed by atoms with Gasteiger partial charge in [-0.25, -0.2) is 4.79 Å². The molecule has 0 aromatic carbocycles. The predicted octanol–water partition coefficient (Wildman–Crippen LogP) is -1.70. The van der Waals surface area contributed by atoms with Gasteiger partial charge < -0.3 is 37.6 Å². The minimum absolute atomic E-state index is 0.234. The standard InChI is InChI=1S/C20H35N5O8/c1-9(2)15(22)19(31)24-12(6-8-14(27)28)17(29)23-11(5-7-13(21)26)18(30)25-16(10(3)4)20(32)33/h9-12,15-16H,5-8,22H2,1-4H3,(H2,21,26)(H,23,29)(H,24,31)(H,25,30)(H,27,28)(H,32,33). The Morgan fingerprint density at radius 3 is 1.58 bits per heavy atom. The second kappa shape index (κ2) is 14.0. The van der Waals surface area contributed by atoms with Crippen molar-refractivity contribution in [1.82, 2.24) is 16.0 Å². The number of aliphatic carboxylic acids is 2. The summed E-state index contributed by atoms with van der Waals surface area (Å²) in [5.74, 6) is -6.41. The summed E-state index contributed by atoms with van der Waals surface area (Å²) in [4.78, 5) is 71.4. The van der Waals surface area contributed by atoms with Crippen LogP contribution in [-0.2, 0) is 28.8 Å². The van der Waals surface area contributed by atoms with Crippen LogP contribution in [0.5, 0.6) is 0 Å². The van der Waals surface area contributed by atoms with E-state index in [1.165, 1.54) is 0 Å². The third-order valence-corrected chi connectivity index (χ3v) is 4.84. The molecule has 0 aromatic heterocycles. The van der Waals surface area contributed by atoms with Gasteiger partial charge in [0, 0.05) is 12.8 Å². The van der Waals surface area contributed by atoms with E-state index >= 15 is 0 Å². The summed E-state index contributed by atoms with van der Waals surface area (Å²) in [6, 6.07) is -4.89. The molecule has 0 rings (SSSR count). The Bertz CT molecular complexity index is 740. The van der Waals surface area contributed by atoms with Crippen molar-refractivity contribution < 1.29 is 39.0 Å². The Kier molecular flexibility index (Phi) is 12.7. The zero-order valence-electron chi connectivity index (χ0n) is 19.3. The molecule has 0 saturated heterocycles. The first-order chi connectivity index (χ1) is 15.2. The molecule has 0 aliphatic heterocycles. The molecule has 4 atom stereocenters. The first-order valence-corrected chi connectivity index (χ1v) is 10.6. The molecule has 0 aliphatic carbocycles. The first kappa shape index (κ1) is 29.8. The van der Waals surface area contributed by atoms with Crippen LogP contribution >= 0.6 is 0 Å². The van der Waals surface area contributed by atoms with Gasteiger partial charge >= 0.3 is 11.9 Å². The molecule has 33 heavy (non-hydrogen) atoms. The summed E-state index contributed by atoms with van der Waals surface area (Å²) in [5.41, 5.74) is 10.9. The van der Waals surface area contributed by atoms with Gasteiger partial charge in [-0.2, -0.15) is 0 Å². The van der Waals surface area contributed by atoms with Gasteiger partial charge in [0.2, 0.25) is 23.6 Å². The smallest absolute Gasteiger partial charge is 0.326 e. The molecule has 0 saturated carbocycles. The Balaban J connectivity index is 5.63. The van der Waals surface area contributed by atoms with Crippen LogP contribution in [0.3, 0.4) is 0 Å². The topological polar surface area (TPSA) is 231 Å². The lowest BCUT2D eigenvalue weighted by molar-refractivity contribution is -0.143. The monoisotopic (exact) mass is 473 g/mol. The second-order valence-electron chi connectivity index (χ2n) is 8.40. The molecule has 0 bridgehead atoms. The highest BCUT2D eigenvalue weighted by atomic mass is 16.4. The van der Waals surface area contributed by atoms with Crippen LogP contribution in [0, 0.1) is 11.8 Å². The van der Waals surface area contributed by atoms with Gasteiger partial charge in [0.05, 0.1) is 6.04 Å². The van der Waals surface area contributed by atoms with E-state index in [4.69, 9.17) is 16.6 Å². The highest BCUT2D eigenvalue weighted by molar-refractivity contribution is 5.94. The van der Waals surface area contributed by atoms with E-state index in [-0.39, 0.29) is 25.2 Å². The van der Waals surface area contributed by atoms with Crippen molar-refractivity contribution in [2.45, 2.75) is 77.5 Å². The largest absolute Gasteiger partial charge is 0.481 e. The van der Waals surface area contributed by atoms with Gasteiger partial charge in [-0.3, -0.25) is 24.0 Å². The maximum atomic E-state index is 12.8. The molecule has 188 valence electrons. The van der Waals surface area contributed by atoms with E-state index < -0.39 is 72.1 Å². The number of nitrogens with two attached hydrogens (primary N) is 2. The number of carboxylic acid groups (broad SMARTS) is 2. The number of carbonyl (C=O) groups is 6. The third kappa shape index (κ3) is 11.3. The lowest BCUT2D eigenvalue weighted by Crippen LogP contribution is -2.58. The van der Waals surface area contributed by atoms with E-state index in [0.29, 0.717) is 0 Å². The van der Waals surface area contributed by atoms with Crippen molar-refractivity contribution >= 4 is 35.6 Å². The van der Waals surface area contributed by atoms with Crippen molar-refractivity contribution in [3.8, 4) is 0 Å². The van der Waals surface area contributed by atoms with E-state index in [1.807, 2.05) is 0 Å². The van der Waals surface area contributed by atoms with E-state index in [0.717, 1.165) is 0 Å². The summed E-state index contributed by atoms with van der Waals surface area (Å²) >= 11 is 0. The van der Waals surface area contributed by atoms with Gasteiger partial charge in [-0.1, -0.05) is 27.7 Å². The fourth-order valence-corrected chi connectivity index (χ4v) is 2.70. The van der Waals surface area contributed by atoms with Crippen LogP contribution in [0.4, 0.5) is 0 Å². The third-order valence-electron chi connectivity index (χ3n) is 4.84. The Hall–Kier alpha value is -3.22. The van der Waals surface area contributed by atoms with Gasteiger partial charge in [-0.15, -0.1) is 0 Å². The highest BCUT2D eigenvalue weighted by Gasteiger charge is 2.32. The quantitative estimate of drug-likeness (QED) is 0.143. The molecule has 13 nitrogen and oxygen atoms in total. The normalized spacial score (nSPS) is 14.6. The number of nitrogens with one attached hydrogen (secondary N) is 3. The van der Waals surface area contributed by atoms with Gasteiger partial charge in [0.1, 0.15) is 18.1 Å². The molecule has 0 aliphatic rings. The molecule has 0 radical (unpaired) electrons. The summed E-state index contributed by atoms with van der Waals surface area (Å²) < 4.78 is 0.